The summed E-state index contributed by atoms with van der Waals surface area (Å²) in [6, 6.07) is 0. The summed E-state index contributed by atoms with van der Waals surface area (Å²) in [6.45, 7) is 5.05. The van der Waals surface area contributed by atoms with Gasteiger partial charge in [-0.05, 0) is 39.1 Å². The molecular formula is C10H18ClN. The third-order valence-corrected chi connectivity index (χ3v) is 1.98. The molecule has 0 aromatic heterocycles. The highest BCUT2D eigenvalue weighted by molar-refractivity contribution is 6.31. The number of nitrogens with zero attached hydrogens (tertiary/aromatic N) is 1. The Labute approximate surface area is 80.7 Å². The van der Waals surface area contributed by atoms with E-state index in [0.717, 1.165) is 18.0 Å². The highest BCUT2D eigenvalue weighted by Gasteiger charge is 2.00. The molecule has 0 rings (SSSR count). The molecule has 2 heteroatoms. The van der Waals surface area contributed by atoms with E-state index in [4.69, 9.17) is 11.6 Å². The van der Waals surface area contributed by atoms with Crippen LogP contribution < -0.4 is 0 Å². The molecule has 0 aliphatic carbocycles. The van der Waals surface area contributed by atoms with Crippen LogP contribution in [0.1, 0.15) is 20.3 Å². The van der Waals surface area contributed by atoms with Crippen molar-refractivity contribution in [3.63, 3.8) is 0 Å². The minimum atomic E-state index is 0.883. The molecule has 0 amide bonds. The molecule has 12 heavy (non-hydrogen) atoms. The van der Waals surface area contributed by atoms with Gasteiger partial charge in [0.15, 0.2) is 0 Å². The molecule has 1 nitrogen and oxygen atoms in total. The summed E-state index contributed by atoms with van der Waals surface area (Å²) in [5.74, 6) is 0. The Morgan fingerprint density at radius 1 is 1.42 bits per heavy atom. The van der Waals surface area contributed by atoms with Gasteiger partial charge in [0.2, 0.25) is 0 Å². The van der Waals surface area contributed by atoms with E-state index in [1.54, 1.807) is 0 Å². The van der Waals surface area contributed by atoms with Crippen LogP contribution in [-0.2, 0) is 0 Å². The number of likely N-dealkylation sites (N-methyl/N-ethyl adjacent to an activating group) is 1. The smallest absolute Gasteiger partial charge is 0.0407 e. The molecule has 0 fully saturated rings. The van der Waals surface area contributed by atoms with E-state index in [9.17, 15) is 0 Å². The lowest BCUT2D eigenvalue weighted by Gasteiger charge is -2.12. The van der Waals surface area contributed by atoms with Crippen LogP contribution >= 0.6 is 11.6 Å². The fourth-order valence-corrected chi connectivity index (χ4v) is 1.32. The van der Waals surface area contributed by atoms with Crippen molar-refractivity contribution in [2.75, 3.05) is 20.6 Å². The molecule has 0 aliphatic rings. The average molecular weight is 188 g/mol. The van der Waals surface area contributed by atoms with Gasteiger partial charge in [-0.15, -0.1) is 0 Å². The van der Waals surface area contributed by atoms with Crippen molar-refractivity contribution in [1.29, 1.82) is 0 Å². The molecule has 0 aliphatic heterocycles. The maximum atomic E-state index is 6.06. The van der Waals surface area contributed by atoms with Gasteiger partial charge in [0.05, 0.1) is 0 Å². The van der Waals surface area contributed by atoms with Crippen molar-refractivity contribution in [1.82, 2.24) is 4.90 Å². The summed E-state index contributed by atoms with van der Waals surface area (Å²) in [7, 11) is 4.10. The molecule has 0 atom stereocenters. The van der Waals surface area contributed by atoms with Gasteiger partial charge in [-0.3, -0.25) is 0 Å². The summed E-state index contributed by atoms with van der Waals surface area (Å²) in [5, 5.41) is 0.883. The SMILES string of the molecule is C/C=C\C(Cl)=C(/CC)CN(C)C. The lowest BCUT2D eigenvalue weighted by Crippen LogP contribution is -2.15. The van der Waals surface area contributed by atoms with Crippen LogP contribution in [0.15, 0.2) is 22.8 Å². The summed E-state index contributed by atoms with van der Waals surface area (Å²) in [6.07, 6.45) is 4.93. The van der Waals surface area contributed by atoms with E-state index in [2.05, 4.69) is 25.9 Å². The lowest BCUT2D eigenvalue weighted by molar-refractivity contribution is 0.440. The van der Waals surface area contributed by atoms with Crippen LogP contribution in [0.25, 0.3) is 0 Å². The van der Waals surface area contributed by atoms with Gasteiger partial charge in [-0.2, -0.15) is 0 Å². The van der Waals surface area contributed by atoms with Crippen molar-refractivity contribution in [3.8, 4) is 0 Å². The molecule has 0 unspecified atom stereocenters. The summed E-state index contributed by atoms with van der Waals surface area (Å²) in [4.78, 5) is 2.13. The molecule has 0 saturated heterocycles. The topological polar surface area (TPSA) is 3.24 Å². The molecule has 0 aromatic carbocycles. The van der Waals surface area contributed by atoms with Gasteiger partial charge in [-0.1, -0.05) is 24.6 Å². The number of halogens is 1. The first-order chi connectivity index (χ1) is 5.61. The maximum absolute atomic E-state index is 6.06. The third kappa shape index (κ3) is 4.58. The monoisotopic (exact) mass is 187 g/mol. The van der Waals surface area contributed by atoms with Gasteiger partial charge in [0, 0.05) is 11.6 Å². The fraction of sp³-hybridized carbons (Fsp3) is 0.600. The molecule has 0 N–H and O–H groups in total. The van der Waals surface area contributed by atoms with Crippen molar-refractivity contribution < 1.29 is 0 Å². The standard InChI is InChI=1S/C10H18ClN/c1-5-7-10(11)9(6-2)8-12(3)4/h5,7H,6,8H2,1-4H3/b7-5-,10-9-. The molecule has 0 heterocycles. The van der Waals surface area contributed by atoms with Crippen molar-refractivity contribution >= 4 is 11.6 Å². The molecule has 0 spiro atoms. The van der Waals surface area contributed by atoms with Gasteiger partial charge in [0.25, 0.3) is 0 Å². The lowest BCUT2D eigenvalue weighted by atomic mass is 10.2. The van der Waals surface area contributed by atoms with E-state index in [-0.39, 0.29) is 0 Å². The minimum Gasteiger partial charge on any atom is -0.305 e. The van der Waals surface area contributed by atoms with E-state index in [1.165, 1.54) is 5.57 Å². The van der Waals surface area contributed by atoms with E-state index in [0.29, 0.717) is 0 Å². The molecule has 0 radical (unpaired) electrons. The zero-order chi connectivity index (χ0) is 9.56. The normalized spacial score (nSPS) is 14.2. The first kappa shape index (κ1) is 11.7. The predicted octanol–water partition coefficient (Wildman–Crippen LogP) is 3.03. The summed E-state index contributed by atoms with van der Waals surface area (Å²) in [5.41, 5.74) is 1.29. The maximum Gasteiger partial charge on any atom is 0.0407 e. The van der Waals surface area contributed by atoms with Gasteiger partial charge in [-0.25, -0.2) is 0 Å². The van der Waals surface area contributed by atoms with Crippen LogP contribution in [0.2, 0.25) is 0 Å². The quantitative estimate of drug-likeness (QED) is 0.612. The van der Waals surface area contributed by atoms with Crippen LogP contribution in [0.5, 0.6) is 0 Å². The second kappa shape index (κ2) is 6.27. The highest BCUT2D eigenvalue weighted by atomic mass is 35.5. The first-order valence-corrected chi connectivity index (χ1v) is 4.64. The molecule has 0 bridgehead atoms. The van der Waals surface area contributed by atoms with Crippen LogP contribution in [0.3, 0.4) is 0 Å². The molecular weight excluding hydrogens is 170 g/mol. The number of rotatable bonds is 4. The van der Waals surface area contributed by atoms with Crippen molar-refractivity contribution in [2.45, 2.75) is 20.3 Å². The van der Waals surface area contributed by atoms with E-state index in [1.807, 2.05) is 19.1 Å². The van der Waals surface area contributed by atoms with Gasteiger partial charge in [0.1, 0.15) is 0 Å². The fourth-order valence-electron chi connectivity index (χ4n) is 1.00. The Balaban J connectivity index is 4.38. The third-order valence-electron chi connectivity index (χ3n) is 1.58. The second-order valence-electron chi connectivity index (χ2n) is 3.04. The van der Waals surface area contributed by atoms with E-state index >= 15 is 0 Å². The molecule has 70 valence electrons. The molecule has 0 saturated carbocycles. The van der Waals surface area contributed by atoms with Crippen LogP contribution in [0.4, 0.5) is 0 Å². The van der Waals surface area contributed by atoms with E-state index < -0.39 is 0 Å². The van der Waals surface area contributed by atoms with Gasteiger partial charge < -0.3 is 4.90 Å². The van der Waals surface area contributed by atoms with Crippen LogP contribution in [0, 0.1) is 0 Å². The number of hydrogen-bond acceptors (Lipinski definition) is 1. The number of allylic oxidation sites excluding steroid dienone is 3. The Kier molecular flexibility index (Phi) is 6.13. The first-order valence-electron chi connectivity index (χ1n) is 4.26. The zero-order valence-electron chi connectivity index (χ0n) is 8.39. The zero-order valence-corrected chi connectivity index (χ0v) is 9.15. The summed E-state index contributed by atoms with van der Waals surface area (Å²) < 4.78 is 0. The summed E-state index contributed by atoms with van der Waals surface area (Å²) >= 11 is 6.06. The predicted molar refractivity (Wildman–Crippen MR) is 56.5 cm³/mol. The molecule has 0 aromatic rings. The average Bonchev–Trinajstić information content (AvgIpc) is 2.00. The largest absolute Gasteiger partial charge is 0.305 e. The van der Waals surface area contributed by atoms with Crippen molar-refractivity contribution in [3.05, 3.63) is 22.8 Å². The van der Waals surface area contributed by atoms with Gasteiger partial charge >= 0.3 is 0 Å². The van der Waals surface area contributed by atoms with Crippen molar-refractivity contribution in [2.24, 2.45) is 0 Å². The Morgan fingerprint density at radius 2 is 2.00 bits per heavy atom. The Morgan fingerprint density at radius 3 is 2.33 bits per heavy atom. The minimum absolute atomic E-state index is 0.883. The second-order valence-corrected chi connectivity index (χ2v) is 3.45. The Hall–Kier alpha value is -0.270. The Bertz CT molecular complexity index is 180. The highest BCUT2D eigenvalue weighted by Crippen LogP contribution is 2.14. The number of hydrogen-bond donors (Lipinski definition) is 0. The van der Waals surface area contributed by atoms with Crippen LogP contribution in [-0.4, -0.2) is 25.5 Å².